The molecular weight excluding hydrogens is 256 g/mol. The summed E-state index contributed by atoms with van der Waals surface area (Å²) in [6.45, 7) is 0. The average molecular weight is 270 g/mol. The summed E-state index contributed by atoms with van der Waals surface area (Å²) in [5.74, 6) is -0.165. The Balaban J connectivity index is 1.97. The number of nitrogens with zero attached hydrogens (tertiary/aromatic N) is 2. The van der Waals surface area contributed by atoms with Crippen LogP contribution in [0.1, 0.15) is 12.1 Å². The molecule has 0 atom stereocenters. The van der Waals surface area contributed by atoms with Crippen LogP contribution in [0.2, 0.25) is 0 Å². The summed E-state index contributed by atoms with van der Waals surface area (Å²) in [5, 5.41) is 13.7. The Hall–Kier alpha value is -2.56. The molecule has 3 aromatic rings. The molecular formula is C15H14N2O3. The first-order valence-electron chi connectivity index (χ1n) is 6.37. The topological polar surface area (TPSA) is 68.3 Å². The molecule has 0 saturated heterocycles. The molecule has 0 amide bonds. The number of carbonyl (C=O) groups is 1. The van der Waals surface area contributed by atoms with Gasteiger partial charge in [-0.2, -0.15) is 0 Å². The van der Waals surface area contributed by atoms with E-state index in [0.29, 0.717) is 17.9 Å². The molecule has 20 heavy (non-hydrogen) atoms. The Morgan fingerprint density at radius 1 is 1.40 bits per heavy atom. The summed E-state index contributed by atoms with van der Waals surface area (Å²) in [6.07, 6.45) is 2.43. The minimum atomic E-state index is -0.834. The van der Waals surface area contributed by atoms with Crippen molar-refractivity contribution in [3.63, 3.8) is 0 Å². The molecule has 0 aliphatic heterocycles. The number of benzene rings is 1. The Bertz CT molecular complexity index is 770. The highest BCUT2D eigenvalue weighted by molar-refractivity contribution is 5.94. The van der Waals surface area contributed by atoms with Crippen LogP contribution in [-0.4, -0.2) is 20.8 Å². The van der Waals surface area contributed by atoms with Crippen molar-refractivity contribution in [2.75, 3.05) is 0 Å². The molecule has 0 unspecified atom stereocenters. The smallest absolute Gasteiger partial charge is 0.303 e. The van der Waals surface area contributed by atoms with Gasteiger partial charge in [0.25, 0.3) is 0 Å². The Labute approximate surface area is 115 Å². The van der Waals surface area contributed by atoms with E-state index in [4.69, 9.17) is 9.63 Å². The molecule has 102 valence electrons. The first kappa shape index (κ1) is 12.5. The van der Waals surface area contributed by atoms with Crippen molar-refractivity contribution in [3.05, 3.63) is 42.2 Å². The van der Waals surface area contributed by atoms with Gasteiger partial charge in [-0.05, 0) is 6.07 Å². The summed E-state index contributed by atoms with van der Waals surface area (Å²) < 4.78 is 7.38. The van der Waals surface area contributed by atoms with Gasteiger partial charge in [-0.15, -0.1) is 0 Å². The SMILES string of the molecule is Cn1cc(-c2cc(CCC(=O)O)no2)c2ccccc21. The zero-order chi connectivity index (χ0) is 14.1. The zero-order valence-electron chi connectivity index (χ0n) is 11.0. The molecule has 0 spiro atoms. The fourth-order valence-electron chi connectivity index (χ4n) is 2.33. The van der Waals surface area contributed by atoms with Crippen LogP contribution in [0, 0.1) is 0 Å². The van der Waals surface area contributed by atoms with E-state index in [9.17, 15) is 4.79 Å². The number of hydrogen-bond donors (Lipinski definition) is 1. The number of fused-ring (bicyclic) bond motifs is 1. The van der Waals surface area contributed by atoms with Crippen molar-refractivity contribution in [1.82, 2.24) is 9.72 Å². The average Bonchev–Trinajstić information content (AvgIpc) is 3.02. The van der Waals surface area contributed by atoms with Crippen molar-refractivity contribution in [2.45, 2.75) is 12.8 Å². The lowest BCUT2D eigenvalue weighted by atomic mass is 10.1. The maximum atomic E-state index is 10.6. The number of carboxylic acids is 1. The Morgan fingerprint density at radius 3 is 3.00 bits per heavy atom. The van der Waals surface area contributed by atoms with Crippen LogP contribution in [0.25, 0.3) is 22.2 Å². The molecule has 0 aliphatic carbocycles. The molecule has 5 heteroatoms. The standard InChI is InChI=1S/C15H14N2O3/c1-17-9-12(11-4-2-3-5-13(11)17)14-8-10(16-20-14)6-7-15(18)19/h2-5,8-9H,6-7H2,1H3,(H,18,19). The molecule has 0 fully saturated rings. The number of para-hydroxylation sites is 1. The second-order valence-corrected chi connectivity index (χ2v) is 4.75. The molecule has 0 aliphatic rings. The minimum Gasteiger partial charge on any atom is -0.481 e. The minimum absolute atomic E-state index is 0.0571. The van der Waals surface area contributed by atoms with Gasteiger partial charge in [0.05, 0.1) is 12.1 Å². The van der Waals surface area contributed by atoms with Gasteiger partial charge in [0.1, 0.15) is 0 Å². The van der Waals surface area contributed by atoms with Crippen LogP contribution >= 0.6 is 0 Å². The van der Waals surface area contributed by atoms with E-state index in [-0.39, 0.29) is 6.42 Å². The maximum Gasteiger partial charge on any atom is 0.303 e. The summed E-state index contributed by atoms with van der Waals surface area (Å²) in [4.78, 5) is 10.6. The molecule has 2 heterocycles. The van der Waals surface area contributed by atoms with Crippen LogP contribution in [0.5, 0.6) is 0 Å². The van der Waals surface area contributed by atoms with Gasteiger partial charge in [0.15, 0.2) is 5.76 Å². The van der Waals surface area contributed by atoms with Gasteiger partial charge >= 0.3 is 5.97 Å². The van der Waals surface area contributed by atoms with Crippen LogP contribution < -0.4 is 0 Å². The van der Waals surface area contributed by atoms with Crippen LogP contribution in [-0.2, 0) is 18.3 Å². The van der Waals surface area contributed by atoms with Crippen LogP contribution in [0.15, 0.2) is 41.1 Å². The van der Waals surface area contributed by atoms with E-state index in [1.807, 2.05) is 48.1 Å². The summed E-state index contributed by atoms with van der Waals surface area (Å²) in [7, 11) is 1.98. The summed E-state index contributed by atoms with van der Waals surface area (Å²) in [5.41, 5.74) is 2.75. The fraction of sp³-hybridized carbons (Fsp3) is 0.200. The molecule has 0 bridgehead atoms. The molecule has 0 saturated carbocycles. The number of aromatic nitrogens is 2. The molecule has 2 aromatic heterocycles. The van der Waals surface area contributed by atoms with E-state index in [2.05, 4.69) is 5.16 Å². The van der Waals surface area contributed by atoms with Crippen molar-refractivity contribution < 1.29 is 14.4 Å². The number of aryl methyl sites for hydroxylation is 2. The van der Waals surface area contributed by atoms with E-state index in [0.717, 1.165) is 16.5 Å². The predicted molar refractivity (Wildman–Crippen MR) is 74.4 cm³/mol. The van der Waals surface area contributed by atoms with Crippen molar-refractivity contribution in [2.24, 2.45) is 7.05 Å². The highest BCUT2D eigenvalue weighted by Gasteiger charge is 2.13. The van der Waals surface area contributed by atoms with Crippen LogP contribution in [0.4, 0.5) is 0 Å². The highest BCUT2D eigenvalue weighted by atomic mass is 16.5. The lowest BCUT2D eigenvalue weighted by Gasteiger charge is -1.93. The van der Waals surface area contributed by atoms with Gasteiger partial charge < -0.3 is 14.2 Å². The Kier molecular flexibility index (Phi) is 3.02. The summed E-state index contributed by atoms with van der Waals surface area (Å²) >= 11 is 0. The fourth-order valence-corrected chi connectivity index (χ4v) is 2.33. The zero-order valence-corrected chi connectivity index (χ0v) is 11.0. The molecule has 1 N–H and O–H groups in total. The van der Waals surface area contributed by atoms with Crippen molar-refractivity contribution >= 4 is 16.9 Å². The predicted octanol–water partition coefficient (Wildman–Crippen LogP) is 2.85. The lowest BCUT2D eigenvalue weighted by Crippen LogP contribution is -1.97. The van der Waals surface area contributed by atoms with E-state index in [1.54, 1.807) is 0 Å². The molecule has 1 aromatic carbocycles. The van der Waals surface area contributed by atoms with E-state index in [1.165, 1.54) is 0 Å². The van der Waals surface area contributed by atoms with E-state index >= 15 is 0 Å². The van der Waals surface area contributed by atoms with Crippen LogP contribution in [0.3, 0.4) is 0 Å². The van der Waals surface area contributed by atoms with E-state index < -0.39 is 5.97 Å². The largest absolute Gasteiger partial charge is 0.481 e. The second kappa shape index (κ2) is 4.85. The Morgan fingerprint density at radius 2 is 2.20 bits per heavy atom. The monoisotopic (exact) mass is 270 g/mol. The quantitative estimate of drug-likeness (QED) is 0.791. The van der Waals surface area contributed by atoms with Crippen molar-refractivity contribution in [1.29, 1.82) is 0 Å². The van der Waals surface area contributed by atoms with Crippen molar-refractivity contribution in [3.8, 4) is 11.3 Å². The lowest BCUT2D eigenvalue weighted by molar-refractivity contribution is -0.136. The number of aliphatic carboxylic acids is 1. The summed E-state index contributed by atoms with van der Waals surface area (Å²) in [6, 6.07) is 9.85. The van der Waals surface area contributed by atoms with Gasteiger partial charge in [0, 0.05) is 42.2 Å². The number of hydrogen-bond acceptors (Lipinski definition) is 3. The van der Waals surface area contributed by atoms with Gasteiger partial charge in [-0.25, -0.2) is 0 Å². The third-order valence-corrected chi connectivity index (χ3v) is 3.32. The first-order valence-corrected chi connectivity index (χ1v) is 6.37. The molecule has 5 nitrogen and oxygen atoms in total. The van der Waals surface area contributed by atoms with Gasteiger partial charge in [-0.1, -0.05) is 23.4 Å². The van der Waals surface area contributed by atoms with Gasteiger partial charge in [-0.3, -0.25) is 4.79 Å². The molecule has 3 rings (SSSR count). The maximum absolute atomic E-state index is 10.6. The molecule has 0 radical (unpaired) electrons. The normalized spacial score (nSPS) is 11.1. The third kappa shape index (κ3) is 2.18. The second-order valence-electron chi connectivity index (χ2n) is 4.75. The number of carboxylic acid groups (broad SMARTS) is 1. The third-order valence-electron chi connectivity index (χ3n) is 3.32. The highest BCUT2D eigenvalue weighted by Crippen LogP contribution is 2.30. The van der Waals surface area contributed by atoms with Gasteiger partial charge in [0.2, 0.25) is 0 Å². The number of rotatable bonds is 4. The first-order chi connectivity index (χ1) is 9.65.